The largest absolute Gasteiger partial charge is 0.444 e. The molecule has 0 bridgehead atoms. The van der Waals surface area contributed by atoms with Crippen molar-refractivity contribution in [3.63, 3.8) is 0 Å². The summed E-state index contributed by atoms with van der Waals surface area (Å²) in [5.74, 6) is -0.413. The smallest absolute Gasteiger partial charge is 0.410 e. The monoisotopic (exact) mass is 354 g/mol. The topological polar surface area (TPSA) is 60.2 Å². The summed E-state index contributed by atoms with van der Waals surface area (Å²) in [6.07, 6.45) is 3.82. The average Bonchev–Trinajstić information content (AvgIpc) is 2.82. The second kappa shape index (κ2) is 6.20. The Hall–Kier alpha value is -1.89. The van der Waals surface area contributed by atoms with E-state index in [4.69, 9.17) is 16.3 Å². The van der Waals surface area contributed by atoms with E-state index in [1.165, 1.54) is 12.4 Å². The Balaban J connectivity index is 1.73. The molecule has 6 nitrogen and oxygen atoms in total. The number of carbonyl (C=O) groups excluding carboxylic acids is 1. The van der Waals surface area contributed by atoms with Crippen molar-refractivity contribution in [1.82, 2.24) is 19.4 Å². The lowest BCUT2D eigenvalue weighted by atomic mass is 10.1. The van der Waals surface area contributed by atoms with Gasteiger partial charge in [-0.25, -0.2) is 19.2 Å². The molecule has 1 saturated heterocycles. The first-order valence-electron chi connectivity index (χ1n) is 7.91. The number of nitrogens with zero attached hydrogens (tertiary/aromatic N) is 4. The lowest BCUT2D eigenvalue weighted by Crippen LogP contribution is -2.42. The van der Waals surface area contributed by atoms with Gasteiger partial charge < -0.3 is 14.2 Å². The van der Waals surface area contributed by atoms with Crippen LogP contribution in [0.3, 0.4) is 0 Å². The van der Waals surface area contributed by atoms with Gasteiger partial charge in [0.2, 0.25) is 0 Å². The normalized spacial score (nSPS) is 16.6. The molecule has 0 aromatic carbocycles. The van der Waals surface area contributed by atoms with Crippen LogP contribution in [-0.4, -0.2) is 44.2 Å². The van der Waals surface area contributed by atoms with Crippen LogP contribution < -0.4 is 0 Å². The van der Waals surface area contributed by atoms with Crippen LogP contribution in [0, 0.1) is 5.82 Å². The summed E-state index contributed by atoms with van der Waals surface area (Å²) in [5.41, 5.74) is 0.143. The number of piperidine rings is 1. The van der Waals surface area contributed by atoms with Crippen molar-refractivity contribution < 1.29 is 13.9 Å². The van der Waals surface area contributed by atoms with Gasteiger partial charge in [0, 0.05) is 25.3 Å². The van der Waals surface area contributed by atoms with Crippen LogP contribution in [0.4, 0.5) is 9.18 Å². The fraction of sp³-hybridized carbons (Fsp3) is 0.562. The molecule has 0 atom stereocenters. The zero-order chi connectivity index (χ0) is 17.5. The zero-order valence-electron chi connectivity index (χ0n) is 13.9. The molecule has 3 heterocycles. The third kappa shape index (κ3) is 3.45. The van der Waals surface area contributed by atoms with E-state index in [1.807, 2.05) is 20.8 Å². The standard InChI is InChI=1S/C16H20ClFN4O2/c1-16(2,3)24-15(23)21-6-4-10(5-7-21)22-9-11(18)13-14(22)20-12(17)8-19-13/h8-10H,4-7H2,1-3H3. The highest BCUT2D eigenvalue weighted by Gasteiger charge is 2.28. The molecule has 1 aliphatic rings. The Kier molecular flexibility index (Phi) is 4.38. The number of fused-ring (bicyclic) bond motifs is 1. The van der Waals surface area contributed by atoms with Gasteiger partial charge in [0.05, 0.1) is 6.20 Å². The minimum atomic E-state index is -0.514. The van der Waals surface area contributed by atoms with E-state index in [2.05, 4.69) is 9.97 Å². The van der Waals surface area contributed by atoms with E-state index in [0.29, 0.717) is 31.6 Å². The Labute approximate surface area is 144 Å². The number of rotatable bonds is 1. The van der Waals surface area contributed by atoms with E-state index in [-0.39, 0.29) is 22.8 Å². The lowest BCUT2D eigenvalue weighted by molar-refractivity contribution is 0.0189. The maximum absolute atomic E-state index is 14.0. The number of halogens is 2. The van der Waals surface area contributed by atoms with Crippen molar-refractivity contribution in [2.45, 2.75) is 45.3 Å². The molecule has 1 amide bonds. The van der Waals surface area contributed by atoms with Crippen molar-refractivity contribution in [3.8, 4) is 0 Å². The van der Waals surface area contributed by atoms with Crippen LogP contribution in [-0.2, 0) is 4.74 Å². The molecule has 0 unspecified atom stereocenters. The van der Waals surface area contributed by atoms with Crippen molar-refractivity contribution in [3.05, 3.63) is 23.4 Å². The molecule has 1 fully saturated rings. The summed E-state index contributed by atoms with van der Waals surface area (Å²) in [6.45, 7) is 6.63. The molecule has 0 spiro atoms. The van der Waals surface area contributed by atoms with Gasteiger partial charge in [-0.1, -0.05) is 11.6 Å². The lowest BCUT2D eigenvalue weighted by Gasteiger charge is -2.34. The molecule has 24 heavy (non-hydrogen) atoms. The van der Waals surface area contributed by atoms with Crippen molar-refractivity contribution >= 4 is 28.9 Å². The maximum atomic E-state index is 14.0. The van der Waals surface area contributed by atoms with Crippen LogP contribution in [0.1, 0.15) is 39.7 Å². The summed E-state index contributed by atoms with van der Waals surface area (Å²) in [7, 11) is 0. The summed E-state index contributed by atoms with van der Waals surface area (Å²) < 4.78 is 21.2. The minimum absolute atomic E-state index is 0.0449. The second-order valence-electron chi connectivity index (χ2n) is 6.95. The highest BCUT2D eigenvalue weighted by Crippen LogP contribution is 2.29. The third-order valence-corrected chi connectivity index (χ3v) is 4.14. The average molecular weight is 355 g/mol. The molecule has 1 aliphatic heterocycles. The SMILES string of the molecule is CC(C)(C)OC(=O)N1CCC(n2cc(F)c3ncc(Cl)nc32)CC1. The van der Waals surface area contributed by atoms with Gasteiger partial charge in [0.25, 0.3) is 0 Å². The number of hydrogen-bond acceptors (Lipinski definition) is 4. The van der Waals surface area contributed by atoms with E-state index in [9.17, 15) is 9.18 Å². The van der Waals surface area contributed by atoms with Gasteiger partial charge in [-0.05, 0) is 33.6 Å². The van der Waals surface area contributed by atoms with Crippen molar-refractivity contribution in [2.24, 2.45) is 0 Å². The number of carbonyl (C=O) groups is 1. The molecule has 0 saturated carbocycles. The first-order valence-corrected chi connectivity index (χ1v) is 8.29. The molecule has 130 valence electrons. The molecule has 0 aliphatic carbocycles. The predicted molar refractivity (Wildman–Crippen MR) is 88.6 cm³/mol. The first-order chi connectivity index (χ1) is 11.2. The summed E-state index contributed by atoms with van der Waals surface area (Å²) in [5, 5.41) is 0.230. The van der Waals surface area contributed by atoms with E-state index >= 15 is 0 Å². The van der Waals surface area contributed by atoms with Gasteiger partial charge in [0.1, 0.15) is 16.3 Å². The van der Waals surface area contributed by atoms with Crippen LogP contribution in [0.15, 0.2) is 12.4 Å². The van der Waals surface area contributed by atoms with Gasteiger partial charge in [0.15, 0.2) is 11.5 Å². The van der Waals surface area contributed by atoms with Crippen LogP contribution in [0.5, 0.6) is 0 Å². The Morgan fingerprint density at radius 2 is 2.04 bits per heavy atom. The molecule has 8 heteroatoms. The fourth-order valence-electron chi connectivity index (χ4n) is 2.88. The van der Waals surface area contributed by atoms with E-state index in [0.717, 1.165) is 0 Å². The maximum Gasteiger partial charge on any atom is 0.410 e. The number of ether oxygens (including phenoxy) is 1. The summed E-state index contributed by atoms with van der Waals surface area (Å²) in [6, 6.07) is 0.0449. The van der Waals surface area contributed by atoms with Gasteiger partial charge in [-0.2, -0.15) is 0 Å². The number of likely N-dealkylation sites (tertiary alicyclic amines) is 1. The highest BCUT2D eigenvalue weighted by molar-refractivity contribution is 6.29. The molecule has 0 N–H and O–H groups in total. The zero-order valence-corrected chi connectivity index (χ0v) is 14.7. The molecule has 2 aromatic heterocycles. The fourth-order valence-corrected chi connectivity index (χ4v) is 3.01. The van der Waals surface area contributed by atoms with Gasteiger partial charge in [-0.15, -0.1) is 0 Å². The van der Waals surface area contributed by atoms with Crippen LogP contribution in [0.25, 0.3) is 11.2 Å². The molecular weight excluding hydrogens is 335 g/mol. The number of aromatic nitrogens is 3. The highest BCUT2D eigenvalue weighted by atomic mass is 35.5. The van der Waals surface area contributed by atoms with Crippen LogP contribution >= 0.6 is 11.6 Å². The minimum Gasteiger partial charge on any atom is -0.444 e. The van der Waals surface area contributed by atoms with Gasteiger partial charge >= 0.3 is 6.09 Å². The number of amides is 1. The second-order valence-corrected chi connectivity index (χ2v) is 7.34. The van der Waals surface area contributed by atoms with Gasteiger partial charge in [-0.3, -0.25) is 0 Å². The van der Waals surface area contributed by atoms with Crippen molar-refractivity contribution in [2.75, 3.05) is 13.1 Å². The number of hydrogen-bond donors (Lipinski definition) is 0. The molecule has 0 radical (unpaired) electrons. The van der Waals surface area contributed by atoms with Crippen molar-refractivity contribution in [1.29, 1.82) is 0 Å². The quantitative estimate of drug-likeness (QED) is 0.781. The Morgan fingerprint density at radius 1 is 1.38 bits per heavy atom. The summed E-state index contributed by atoms with van der Waals surface area (Å²) >= 11 is 5.89. The molecular formula is C16H20ClFN4O2. The predicted octanol–water partition coefficient (Wildman–Crippen LogP) is 3.80. The van der Waals surface area contributed by atoms with E-state index in [1.54, 1.807) is 9.47 Å². The Bertz CT molecular complexity index is 763. The summed E-state index contributed by atoms with van der Waals surface area (Å²) in [4.78, 5) is 22.0. The first kappa shape index (κ1) is 17.0. The third-order valence-electron chi connectivity index (χ3n) is 3.96. The van der Waals surface area contributed by atoms with E-state index < -0.39 is 11.4 Å². The van der Waals surface area contributed by atoms with Crippen LogP contribution in [0.2, 0.25) is 5.15 Å². The Morgan fingerprint density at radius 3 is 2.67 bits per heavy atom. The molecule has 3 rings (SSSR count). The molecule has 2 aromatic rings.